The molecule has 2 aromatic carbocycles. The lowest BCUT2D eigenvalue weighted by molar-refractivity contribution is -0.385. The van der Waals surface area contributed by atoms with Crippen molar-refractivity contribution in [2.45, 2.75) is 32.8 Å². The zero-order valence-corrected chi connectivity index (χ0v) is 24.8. The summed E-state index contributed by atoms with van der Waals surface area (Å²) in [4.78, 5) is 40.6. The molecule has 1 N–H and O–H groups in total. The Kier molecular flexibility index (Phi) is 9.14. The molecule has 0 spiro atoms. The van der Waals surface area contributed by atoms with Crippen LogP contribution in [0.5, 0.6) is 5.75 Å². The molecule has 44 heavy (non-hydrogen) atoms. The van der Waals surface area contributed by atoms with Crippen LogP contribution in [0.4, 0.5) is 26.4 Å². The number of ether oxygens (including phenoxy) is 2. The Balaban J connectivity index is 1.22. The molecular formula is C31H34FN7O5. The Bertz CT molecular complexity index is 1650. The summed E-state index contributed by atoms with van der Waals surface area (Å²) in [6, 6.07) is 12.6. The molecule has 3 heterocycles. The Morgan fingerprint density at radius 2 is 1.84 bits per heavy atom. The van der Waals surface area contributed by atoms with E-state index < -0.39 is 16.3 Å². The molecule has 0 radical (unpaired) electrons. The quantitative estimate of drug-likeness (QED) is 0.142. The van der Waals surface area contributed by atoms with E-state index in [2.05, 4.69) is 25.2 Å². The van der Waals surface area contributed by atoms with Gasteiger partial charge in [0, 0.05) is 62.3 Å². The van der Waals surface area contributed by atoms with Crippen molar-refractivity contribution in [2.24, 2.45) is 0 Å². The van der Waals surface area contributed by atoms with Crippen molar-refractivity contribution in [3.05, 3.63) is 77.0 Å². The predicted molar refractivity (Wildman–Crippen MR) is 163 cm³/mol. The number of hydrogen-bond acceptors (Lipinski definition) is 10. The van der Waals surface area contributed by atoms with Gasteiger partial charge < -0.3 is 19.7 Å². The maximum atomic E-state index is 14.3. The van der Waals surface area contributed by atoms with Gasteiger partial charge in [-0.25, -0.2) is 19.2 Å². The molecule has 0 bridgehead atoms. The monoisotopic (exact) mass is 603 g/mol. The van der Waals surface area contributed by atoms with E-state index in [1.807, 2.05) is 20.8 Å². The number of nitro benzene ring substituents is 1. The molecule has 12 nitrogen and oxygen atoms in total. The third-order valence-electron chi connectivity index (χ3n) is 6.99. The predicted octanol–water partition coefficient (Wildman–Crippen LogP) is 5.80. The van der Waals surface area contributed by atoms with E-state index in [1.54, 1.807) is 41.4 Å². The molecule has 4 aromatic rings. The van der Waals surface area contributed by atoms with Crippen molar-refractivity contribution in [3.8, 4) is 17.0 Å². The van der Waals surface area contributed by atoms with Crippen molar-refractivity contribution >= 4 is 34.2 Å². The standard InChI is InChI=1S/C31H34FN7O5/c1-31(2,3)44-30(40)38-14-12-37(13-15-38)11-6-16-43-28-19-26-23(18-27(28)39(41)42)29(35-20-34-26)36-21-9-10-33-25(17-21)22-7-4-5-8-24(22)32/h4-5,7-10,17-20H,6,11-16H2,1-3H3,(H,33,34,35,36). The number of benzene rings is 2. The minimum atomic E-state index is -0.533. The minimum absolute atomic E-state index is 0.118. The number of aromatic nitrogens is 3. The molecule has 2 aromatic heterocycles. The molecule has 0 aliphatic carbocycles. The summed E-state index contributed by atoms with van der Waals surface area (Å²) >= 11 is 0. The first-order valence-corrected chi connectivity index (χ1v) is 14.3. The molecule has 1 fully saturated rings. The highest BCUT2D eigenvalue weighted by Crippen LogP contribution is 2.35. The van der Waals surface area contributed by atoms with Crippen molar-refractivity contribution in [2.75, 3.05) is 44.6 Å². The van der Waals surface area contributed by atoms with Crippen LogP contribution < -0.4 is 10.1 Å². The van der Waals surface area contributed by atoms with Crippen molar-refractivity contribution in [1.29, 1.82) is 0 Å². The van der Waals surface area contributed by atoms with Gasteiger partial charge in [-0.3, -0.25) is 20.0 Å². The fourth-order valence-electron chi connectivity index (χ4n) is 4.84. The molecule has 5 rings (SSSR count). The summed E-state index contributed by atoms with van der Waals surface area (Å²) in [7, 11) is 0. The summed E-state index contributed by atoms with van der Waals surface area (Å²) in [5.74, 6) is 0.0714. The second kappa shape index (κ2) is 13.2. The van der Waals surface area contributed by atoms with Crippen LogP contribution in [0.1, 0.15) is 27.2 Å². The van der Waals surface area contributed by atoms with Crippen LogP contribution >= 0.6 is 0 Å². The van der Waals surface area contributed by atoms with Gasteiger partial charge in [0.1, 0.15) is 23.6 Å². The summed E-state index contributed by atoms with van der Waals surface area (Å²) in [5, 5.41) is 15.6. The number of nitro groups is 1. The van der Waals surface area contributed by atoms with Crippen LogP contribution in [-0.2, 0) is 4.74 Å². The van der Waals surface area contributed by atoms with E-state index in [0.717, 1.165) is 6.54 Å². The highest BCUT2D eigenvalue weighted by atomic mass is 19.1. The molecule has 0 unspecified atom stereocenters. The minimum Gasteiger partial charge on any atom is -0.487 e. The summed E-state index contributed by atoms with van der Waals surface area (Å²) in [6.07, 6.45) is 3.24. The lowest BCUT2D eigenvalue weighted by Gasteiger charge is -2.35. The largest absolute Gasteiger partial charge is 0.487 e. The van der Waals surface area contributed by atoms with Gasteiger partial charge in [-0.05, 0) is 51.5 Å². The van der Waals surface area contributed by atoms with Gasteiger partial charge in [0.25, 0.3) is 0 Å². The van der Waals surface area contributed by atoms with E-state index >= 15 is 0 Å². The van der Waals surface area contributed by atoms with Crippen LogP contribution in [-0.4, -0.2) is 80.7 Å². The van der Waals surface area contributed by atoms with E-state index in [-0.39, 0.29) is 24.1 Å². The Morgan fingerprint density at radius 1 is 1.07 bits per heavy atom. The number of halogens is 1. The van der Waals surface area contributed by atoms with Crippen LogP contribution in [0, 0.1) is 15.9 Å². The Labute approximate surface area is 254 Å². The number of anilines is 2. The highest BCUT2D eigenvalue weighted by molar-refractivity contribution is 5.94. The molecule has 1 aliphatic rings. The van der Waals surface area contributed by atoms with Crippen molar-refractivity contribution in [3.63, 3.8) is 0 Å². The highest BCUT2D eigenvalue weighted by Gasteiger charge is 2.26. The number of piperazine rings is 1. The lowest BCUT2D eigenvalue weighted by Crippen LogP contribution is -2.50. The third-order valence-corrected chi connectivity index (χ3v) is 6.99. The number of rotatable bonds is 9. The third kappa shape index (κ3) is 7.53. The zero-order valence-electron chi connectivity index (χ0n) is 24.8. The van der Waals surface area contributed by atoms with Gasteiger partial charge in [-0.15, -0.1) is 0 Å². The smallest absolute Gasteiger partial charge is 0.410 e. The Hall–Kier alpha value is -4.91. The number of amides is 1. The topological polar surface area (TPSA) is 136 Å². The SMILES string of the molecule is CC(C)(C)OC(=O)N1CCN(CCCOc2cc3ncnc(Nc4ccnc(-c5ccccc5F)c4)c3cc2[N+](=O)[O-])CC1. The van der Waals surface area contributed by atoms with E-state index in [1.165, 1.54) is 24.5 Å². The van der Waals surface area contributed by atoms with Gasteiger partial charge in [-0.1, -0.05) is 12.1 Å². The number of hydrogen-bond donors (Lipinski definition) is 1. The first-order chi connectivity index (χ1) is 21.1. The second-order valence-corrected chi connectivity index (χ2v) is 11.4. The zero-order chi connectivity index (χ0) is 31.3. The first kappa shape index (κ1) is 30.5. The first-order valence-electron chi connectivity index (χ1n) is 14.3. The number of carbonyl (C=O) groups excluding carboxylic acids is 1. The van der Waals surface area contributed by atoms with Gasteiger partial charge >= 0.3 is 11.8 Å². The molecule has 13 heteroatoms. The average Bonchev–Trinajstić information content (AvgIpc) is 2.99. The number of carbonyl (C=O) groups is 1. The molecular weight excluding hydrogens is 569 g/mol. The fraction of sp³-hybridized carbons (Fsp3) is 0.355. The number of pyridine rings is 1. The van der Waals surface area contributed by atoms with E-state index in [0.29, 0.717) is 66.3 Å². The maximum absolute atomic E-state index is 14.3. The van der Waals surface area contributed by atoms with Crippen molar-refractivity contribution < 1.29 is 23.6 Å². The van der Waals surface area contributed by atoms with Crippen LogP contribution in [0.3, 0.4) is 0 Å². The van der Waals surface area contributed by atoms with Gasteiger partial charge in [-0.2, -0.15) is 0 Å². The normalized spacial score (nSPS) is 14.0. The molecule has 1 saturated heterocycles. The second-order valence-electron chi connectivity index (χ2n) is 11.4. The molecule has 1 amide bonds. The van der Waals surface area contributed by atoms with Crippen LogP contribution in [0.15, 0.2) is 61.1 Å². The molecule has 0 atom stereocenters. The van der Waals surface area contributed by atoms with Crippen LogP contribution in [0.25, 0.3) is 22.2 Å². The number of fused-ring (bicyclic) bond motifs is 1. The average molecular weight is 604 g/mol. The molecule has 1 aliphatic heterocycles. The number of nitrogens with one attached hydrogen (secondary N) is 1. The molecule has 0 saturated carbocycles. The summed E-state index contributed by atoms with van der Waals surface area (Å²) < 4.78 is 25.6. The van der Waals surface area contributed by atoms with Gasteiger partial charge in [0.15, 0.2) is 5.75 Å². The Morgan fingerprint density at radius 3 is 2.57 bits per heavy atom. The van der Waals surface area contributed by atoms with E-state index in [4.69, 9.17) is 9.47 Å². The van der Waals surface area contributed by atoms with Gasteiger partial charge in [0.2, 0.25) is 0 Å². The number of nitrogens with zero attached hydrogens (tertiary/aromatic N) is 6. The fourth-order valence-corrected chi connectivity index (χ4v) is 4.84. The van der Waals surface area contributed by atoms with Gasteiger partial charge in [0.05, 0.1) is 28.1 Å². The maximum Gasteiger partial charge on any atom is 0.410 e. The van der Waals surface area contributed by atoms with E-state index in [9.17, 15) is 19.3 Å². The molecule has 230 valence electrons. The summed E-state index contributed by atoms with van der Waals surface area (Å²) in [5.41, 5.74) is 1.08. The lowest BCUT2D eigenvalue weighted by atomic mass is 10.1. The van der Waals surface area contributed by atoms with Crippen molar-refractivity contribution in [1.82, 2.24) is 24.8 Å². The van der Waals surface area contributed by atoms with Crippen LogP contribution in [0.2, 0.25) is 0 Å². The summed E-state index contributed by atoms with van der Waals surface area (Å²) in [6.45, 7) is 9.10.